The van der Waals surface area contributed by atoms with E-state index in [-0.39, 0.29) is 41.7 Å². The summed E-state index contributed by atoms with van der Waals surface area (Å²) in [6, 6.07) is 0. The Balaban J connectivity index is 1.95. The Kier molecular flexibility index (Phi) is 3.23. The van der Waals surface area contributed by atoms with Gasteiger partial charge in [0.15, 0.2) is 11.4 Å². The van der Waals surface area contributed by atoms with Crippen molar-refractivity contribution in [3.8, 4) is 0 Å². The van der Waals surface area contributed by atoms with Gasteiger partial charge in [-0.1, -0.05) is 13.8 Å². The summed E-state index contributed by atoms with van der Waals surface area (Å²) in [5.74, 6) is -0.719. The number of Topliss-reactive ketones (excluding diaryl/α,β-unsaturated/α-hetero) is 1. The number of ketones is 1. The summed E-state index contributed by atoms with van der Waals surface area (Å²) in [6.45, 7) is 6.73. The van der Waals surface area contributed by atoms with Crippen LogP contribution in [0.4, 0.5) is 0 Å². The first kappa shape index (κ1) is 15.0. The zero-order valence-electron chi connectivity index (χ0n) is 13.1. The van der Waals surface area contributed by atoms with Crippen LogP contribution in [0.1, 0.15) is 47.0 Å². The highest BCUT2D eigenvalue weighted by Gasteiger charge is 2.75. The Morgan fingerprint density at radius 1 is 1.33 bits per heavy atom. The van der Waals surface area contributed by atoms with E-state index in [9.17, 15) is 14.7 Å². The fourth-order valence-electron chi connectivity index (χ4n) is 4.73. The first-order valence-corrected chi connectivity index (χ1v) is 7.82. The zero-order valence-corrected chi connectivity index (χ0v) is 13.1. The average molecular weight is 296 g/mol. The fraction of sp³-hybridized carbons (Fsp3) is 0.875. The molecule has 3 fully saturated rings. The van der Waals surface area contributed by atoms with E-state index in [0.29, 0.717) is 12.8 Å². The second-order valence-corrected chi connectivity index (χ2v) is 7.32. The van der Waals surface area contributed by atoms with E-state index in [1.807, 2.05) is 0 Å². The summed E-state index contributed by atoms with van der Waals surface area (Å²) < 4.78 is 11.7. The molecular weight excluding hydrogens is 272 g/mol. The maximum Gasteiger partial charge on any atom is 0.308 e. The van der Waals surface area contributed by atoms with E-state index < -0.39 is 11.2 Å². The van der Waals surface area contributed by atoms with Crippen molar-refractivity contribution in [1.29, 1.82) is 0 Å². The normalized spacial score (nSPS) is 47.7. The molecule has 3 rings (SSSR count). The summed E-state index contributed by atoms with van der Waals surface area (Å²) in [5, 5.41) is 10.7. The van der Waals surface area contributed by atoms with E-state index >= 15 is 0 Å². The van der Waals surface area contributed by atoms with Crippen molar-refractivity contribution in [2.24, 2.45) is 17.8 Å². The van der Waals surface area contributed by atoms with Crippen LogP contribution in [0.25, 0.3) is 0 Å². The first-order chi connectivity index (χ1) is 9.70. The highest BCUT2D eigenvalue weighted by atomic mass is 16.6. The van der Waals surface area contributed by atoms with Gasteiger partial charge >= 0.3 is 5.97 Å². The number of aliphatic hydroxyl groups is 1. The molecule has 6 atom stereocenters. The minimum absolute atomic E-state index is 0.00753. The molecule has 1 N–H and O–H groups in total. The molecule has 0 amide bonds. The first-order valence-electron chi connectivity index (χ1n) is 7.82. The highest BCUT2D eigenvalue weighted by molar-refractivity contribution is 5.88. The third kappa shape index (κ3) is 1.83. The molecule has 0 aromatic heterocycles. The average Bonchev–Trinajstić information content (AvgIpc) is 2.72. The summed E-state index contributed by atoms with van der Waals surface area (Å²) in [5.41, 5.74) is -2.39. The van der Waals surface area contributed by atoms with Crippen LogP contribution >= 0.6 is 0 Å². The van der Waals surface area contributed by atoms with Gasteiger partial charge in [0.1, 0.15) is 6.10 Å². The summed E-state index contributed by atoms with van der Waals surface area (Å²) in [4.78, 5) is 24.3. The van der Waals surface area contributed by atoms with E-state index in [4.69, 9.17) is 9.47 Å². The molecule has 5 nitrogen and oxygen atoms in total. The van der Waals surface area contributed by atoms with E-state index in [1.54, 1.807) is 20.8 Å². The van der Waals surface area contributed by atoms with Crippen LogP contribution in [-0.2, 0) is 19.1 Å². The van der Waals surface area contributed by atoms with Crippen LogP contribution < -0.4 is 0 Å². The second kappa shape index (κ2) is 4.53. The Bertz CT molecular complexity index is 483. The van der Waals surface area contributed by atoms with Gasteiger partial charge in [-0.3, -0.25) is 9.59 Å². The molecule has 1 heterocycles. The van der Waals surface area contributed by atoms with Crippen molar-refractivity contribution in [3.63, 3.8) is 0 Å². The Labute approximate surface area is 125 Å². The predicted molar refractivity (Wildman–Crippen MR) is 74.5 cm³/mol. The maximum absolute atomic E-state index is 12.3. The maximum atomic E-state index is 12.3. The van der Waals surface area contributed by atoms with Gasteiger partial charge in [-0.05, 0) is 39.0 Å². The number of carbonyl (C=O) groups is 2. The smallest absolute Gasteiger partial charge is 0.308 e. The van der Waals surface area contributed by atoms with E-state index in [2.05, 4.69) is 0 Å². The molecule has 0 aromatic rings. The van der Waals surface area contributed by atoms with Crippen LogP contribution in [0.5, 0.6) is 0 Å². The summed E-state index contributed by atoms with van der Waals surface area (Å²) in [6.07, 6.45) is 1.70. The third-order valence-electron chi connectivity index (χ3n) is 5.58. The molecule has 0 spiro atoms. The molecule has 2 saturated carbocycles. The lowest BCUT2D eigenvalue weighted by molar-refractivity contribution is -0.197. The molecule has 4 bridgehead atoms. The lowest BCUT2D eigenvalue weighted by atomic mass is 9.73. The summed E-state index contributed by atoms with van der Waals surface area (Å²) >= 11 is 0. The molecule has 0 unspecified atom stereocenters. The fourth-order valence-corrected chi connectivity index (χ4v) is 4.73. The Morgan fingerprint density at radius 3 is 2.57 bits per heavy atom. The zero-order chi connectivity index (χ0) is 15.6. The Morgan fingerprint density at radius 2 is 2.00 bits per heavy atom. The standard InChI is InChI=1S/C16H24O5/c1-8(2)14(18)20-12-6-5-11-10-7-15(4,19)16(21-11,9(3)17)13(10)12/h8,10-13,19H,5-7H2,1-4H3/t10-,11-,12+,13-,15-,16-/m0/s1. The van der Waals surface area contributed by atoms with Crippen LogP contribution in [0.3, 0.4) is 0 Å². The van der Waals surface area contributed by atoms with Crippen molar-refractivity contribution in [2.75, 3.05) is 0 Å². The molecule has 2 aliphatic carbocycles. The minimum atomic E-state index is -1.21. The Hall–Kier alpha value is -0.940. The van der Waals surface area contributed by atoms with Gasteiger partial charge in [0.25, 0.3) is 0 Å². The number of ether oxygens (including phenoxy) is 2. The number of hydrogen-bond donors (Lipinski definition) is 1. The molecular formula is C16H24O5. The van der Waals surface area contributed by atoms with Crippen LogP contribution in [0, 0.1) is 17.8 Å². The SMILES string of the molecule is CC(=O)[C@]12O[C@H]3CC[C@@H](OC(=O)C(C)C)[C@@H]1[C@H]3C[C@]2(C)O. The largest absolute Gasteiger partial charge is 0.462 e. The molecule has 0 aromatic carbocycles. The molecule has 21 heavy (non-hydrogen) atoms. The molecule has 118 valence electrons. The van der Waals surface area contributed by atoms with Gasteiger partial charge in [-0.25, -0.2) is 0 Å². The molecule has 1 saturated heterocycles. The van der Waals surface area contributed by atoms with Crippen molar-refractivity contribution >= 4 is 11.8 Å². The summed E-state index contributed by atoms with van der Waals surface area (Å²) in [7, 11) is 0. The van der Waals surface area contributed by atoms with Crippen molar-refractivity contribution in [3.05, 3.63) is 0 Å². The van der Waals surface area contributed by atoms with E-state index in [1.165, 1.54) is 6.92 Å². The monoisotopic (exact) mass is 296 g/mol. The van der Waals surface area contributed by atoms with Gasteiger partial charge in [0, 0.05) is 5.92 Å². The van der Waals surface area contributed by atoms with Gasteiger partial charge in [-0.15, -0.1) is 0 Å². The van der Waals surface area contributed by atoms with Gasteiger partial charge < -0.3 is 14.6 Å². The van der Waals surface area contributed by atoms with Crippen LogP contribution in [-0.4, -0.2) is 40.3 Å². The van der Waals surface area contributed by atoms with Crippen molar-refractivity contribution in [1.82, 2.24) is 0 Å². The third-order valence-corrected chi connectivity index (χ3v) is 5.58. The van der Waals surface area contributed by atoms with Gasteiger partial charge in [0.05, 0.1) is 17.6 Å². The number of esters is 1. The lowest BCUT2D eigenvalue weighted by Crippen LogP contribution is -2.59. The van der Waals surface area contributed by atoms with Gasteiger partial charge in [0.2, 0.25) is 0 Å². The topological polar surface area (TPSA) is 72.8 Å². The molecule has 5 heteroatoms. The number of hydrogen-bond acceptors (Lipinski definition) is 5. The predicted octanol–water partition coefficient (Wildman–Crippen LogP) is 1.46. The van der Waals surface area contributed by atoms with Crippen molar-refractivity contribution < 1.29 is 24.2 Å². The number of carbonyl (C=O) groups excluding carboxylic acids is 2. The van der Waals surface area contributed by atoms with Gasteiger partial charge in [-0.2, -0.15) is 0 Å². The molecule has 3 aliphatic rings. The van der Waals surface area contributed by atoms with Crippen LogP contribution in [0.15, 0.2) is 0 Å². The van der Waals surface area contributed by atoms with E-state index in [0.717, 1.165) is 6.42 Å². The van der Waals surface area contributed by atoms with Crippen LogP contribution in [0.2, 0.25) is 0 Å². The number of rotatable bonds is 3. The second-order valence-electron chi connectivity index (χ2n) is 7.32. The quantitative estimate of drug-likeness (QED) is 0.798. The molecule has 0 radical (unpaired) electrons. The lowest BCUT2D eigenvalue weighted by Gasteiger charge is -2.41. The highest BCUT2D eigenvalue weighted by Crippen LogP contribution is 2.63. The molecule has 1 aliphatic heterocycles. The van der Waals surface area contributed by atoms with Crippen molar-refractivity contribution in [2.45, 2.75) is 70.4 Å². The minimum Gasteiger partial charge on any atom is -0.462 e.